The summed E-state index contributed by atoms with van der Waals surface area (Å²) in [5.41, 5.74) is 0. The molecule has 0 aliphatic carbocycles. The smallest absolute Gasteiger partial charge is 0.306 e. The van der Waals surface area contributed by atoms with E-state index in [0.717, 1.165) is 64.2 Å². The van der Waals surface area contributed by atoms with E-state index in [9.17, 15) is 19.5 Å². The second-order valence-electron chi connectivity index (χ2n) is 14.2. The average Bonchev–Trinajstić information content (AvgIpc) is 3.03. The largest absolute Gasteiger partial charge is 0.544 e. The molecule has 0 rings (SSSR count). The van der Waals surface area contributed by atoms with E-state index in [1.54, 1.807) is 21.1 Å². The Balaban J connectivity index is 4.44. The number of allylic oxidation sites excluding steroid dienone is 4. The lowest BCUT2D eigenvalue weighted by Gasteiger charge is -2.34. The van der Waals surface area contributed by atoms with Crippen molar-refractivity contribution in [1.82, 2.24) is 0 Å². The monoisotopic (exact) mass is 680 g/mol. The summed E-state index contributed by atoms with van der Waals surface area (Å²) in [6.07, 6.45) is 32.0. The third kappa shape index (κ3) is 29.9. The number of esters is 2. The molecule has 0 aromatic carbocycles. The van der Waals surface area contributed by atoms with Gasteiger partial charge in [-0.25, -0.2) is 0 Å². The first-order valence-corrected chi connectivity index (χ1v) is 19.4. The maximum absolute atomic E-state index is 12.6. The number of quaternary nitrogens is 1. The highest BCUT2D eigenvalue weighted by atomic mass is 16.6. The molecule has 0 fully saturated rings. The van der Waals surface area contributed by atoms with Crippen molar-refractivity contribution in [3.63, 3.8) is 0 Å². The predicted molar refractivity (Wildman–Crippen MR) is 194 cm³/mol. The Kier molecular flexibility index (Phi) is 30.6. The Morgan fingerprint density at radius 2 is 1.06 bits per heavy atom. The van der Waals surface area contributed by atoms with E-state index in [-0.39, 0.29) is 42.7 Å². The molecule has 0 aliphatic heterocycles. The molecule has 0 saturated carbocycles. The molecular weight excluding hydrogens is 606 g/mol. The van der Waals surface area contributed by atoms with Crippen molar-refractivity contribution >= 4 is 17.9 Å². The van der Waals surface area contributed by atoms with E-state index in [1.807, 2.05) is 0 Å². The Morgan fingerprint density at radius 3 is 1.56 bits per heavy atom. The van der Waals surface area contributed by atoms with Crippen LogP contribution in [0.25, 0.3) is 0 Å². The number of carboxylic acid groups (broad SMARTS) is 1. The van der Waals surface area contributed by atoms with Gasteiger partial charge in [-0.3, -0.25) is 9.59 Å². The van der Waals surface area contributed by atoms with Crippen LogP contribution in [0.3, 0.4) is 0 Å². The molecule has 0 spiro atoms. The van der Waals surface area contributed by atoms with Gasteiger partial charge in [-0.15, -0.1) is 0 Å². The van der Waals surface area contributed by atoms with Crippen molar-refractivity contribution in [2.45, 2.75) is 174 Å². The Bertz CT molecular complexity index is 849. The Hall–Kier alpha value is -2.19. The molecule has 0 aromatic heterocycles. The minimum absolute atomic E-state index is 0.0366. The molecule has 0 heterocycles. The fourth-order valence-corrected chi connectivity index (χ4v) is 5.46. The van der Waals surface area contributed by atoms with Crippen molar-refractivity contribution in [3.05, 3.63) is 24.3 Å². The zero-order chi connectivity index (χ0) is 35.7. The summed E-state index contributed by atoms with van der Waals surface area (Å²) in [4.78, 5) is 36.6. The molecule has 0 aromatic rings. The van der Waals surface area contributed by atoms with Crippen LogP contribution in [0.15, 0.2) is 24.3 Å². The summed E-state index contributed by atoms with van der Waals surface area (Å²) < 4.78 is 17.1. The van der Waals surface area contributed by atoms with Gasteiger partial charge in [0.1, 0.15) is 12.6 Å². The van der Waals surface area contributed by atoms with Crippen LogP contribution in [0.2, 0.25) is 0 Å². The van der Waals surface area contributed by atoms with Gasteiger partial charge in [-0.1, -0.05) is 109 Å². The van der Waals surface area contributed by atoms with E-state index in [4.69, 9.17) is 14.2 Å². The van der Waals surface area contributed by atoms with E-state index in [2.05, 4.69) is 38.2 Å². The number of ether oxygens (including phenoxy) is 3. The first-order valence-electron chi connectivity index (χ1n) is 19.4. The second-order valence-corrected chi connectivity index (χ2v) is 14.2. The fourth-order valence-electron chi connectivity index (χ4n) is 5.46. The zero-order valence-electron chi connectivity index (χ0n) is 31.7. The van der Waals surface area contributed by atoms with Gasteiger partial charge in [0.2, 0.25) is 0 Å². The van der Waals surface area contributed by atoms with Crippen molar-refractivity contribution in [1.29, 1.82) is 0 Å². The topological polar surface area (TPSA) is 102 Å². The maximum Gasteiger partial charge on any atom is 0.306 e. The van der Waals surface area contributed by atoms with Gasteiger partial charge in [-0.2, -0.15) is 0 Å². The number of likely N-dealkylation sites (N-methyl/N-ethyl adjacent to an activating group) is 1. The van der Waals surface area contributed by atoms with E-state index in [0.29, 0.717) is 12.8 Å². The van der Waals surface area contributed by atoms with Gasteiger partial charge in [0, 0.05) is 19.3 Å². The van der Waals surface area contributed by atoms with Crippen molar-refractivity contribution < 1.29 is 38.2 Å². The van der Waals surface area contributed by atoms with Gasteiger partial charge < -0.3 is 28.6 Å². The van der Waals surface area contributed by atoms with Crippen molar-refractivity contribution in [2.24, 2.45) is 0 Å². The number of carbonyl (C=O) groups is 3. The van der Waals surface area contributed by atoms with Gasteiger partial charge >= 0.3 is 11.9 Å². The molecule has 0 saturated heterocycles. The van der Waals surface area contributed by atoms with E-state index >= 15 is 0 Å². The highest BCUT2D eigenvalue weighted by Gasteiger charge is 2.25. The van der Waals surface area contributed by atoms with Gasteiger partial charge in [0.25, 0.3) is 0 Å². The number of hydrogen-bond acceptors (Lipinski definition) is 7. The van der Waals surface area contributed by atoms with Crippen molar-refractivity contribution in [3.8, 4) is 0 Å². The number of aliphatic carboxylic acids is 1. The number of unbranched alkanes of at least 4 members (excludes halogenated alkanes) is 16. The third-order valence-electron chi connectivity index (χ3n) is 8.56. The van der Waals surface area contributed by atoms with E-state index < -0.39 is 18.1 Å². The number of carboxylic acids is 1. The predicted octanol–water partition coefficient (Wildman–Crippen LogP) is 8.41. The summed E-state index contributed by atoms with van der Waals surface area (Å²) in [6.45, 7) is 4.57. The molecular formula is C40H73NO7. The Labute approximate surface area is 294 Å². The standard InChI is InChI=1S/C40H73NO7/c1-6-8-10-12-14-16-18-19-21-23-25-27-29-31-39(43)48-36(34-46-33-32-37(40(44)45)41(3,4)5)35-47-38(42)30-28-26-24-22-20-17-15-13-11-9-7-2/h13,15-16,18,36-37H,6-12,14,17,19-35H2,1-5H3/b15-13-,18-16-. The first-order chi connectivity index (χ1) is 23.1. The molecule has 8 heteroatoms. The van der Waals surface area contributed by atoms with Crippen LogP contribution in [0, 0.1) is 0 Å². The third-order valence-corrected chi connectivity index (χ3v) is 8.56. The second kappa shape index (κ2) is 32.0. The normalized spacial score (nSPS) is 13.3. The summed E-state index contributed by atoms with van der Waals surface area (Å²) in [5.74, 6) is -1.76. The summed E-state index contributed by atoms with van der Waals surface area (Å²) in [6, 6.07) is -0.724. The molecule has 280 valence electrons. The van der Waals surface area contributed by atoms with Crippen LogP contribution in [0.5, 0.6) is 0 Å². The fraction of sp³-hybridized carbons (Fsp3) is 0.825. The lowest BCUT2D eigenvalue weighted by molar-refractivity contribution is -0.889. The lowest BCUT2D eigenvalue weighted by Crippen LogP contribution is -2.55. The molecule has 0 amide bonds. The van der Waals surface area contributed by atoms with E-state index in [1.165, 1.54) is 64.2 Å². The number of rotatable bonds is 34. The van der Waals surface area contributed by atoms with Crippen LogP contribution in [-0.2, 0) is 28.6 Å². The molecule has 2 atom stereocenters. The highest BCUT2D eigenvalue weighted by molar-refractivity contribution is 5.70. The molecule has 48 heavy (non-hydrogen) atoms. The molecule has 0 radical (unpaired) electrons. The summed E-state index contributed by atoms with van der Waals surface area (Å²) in [7, 11) is 5.39. The van der Waals surface area contributed by atoms with Crippen LogP contribution in [0.4, 0.5) is 0 Å². The number of carbonyl (C=O) groups excluding carboxylic acids is 3. The maximum atomic E-state index is 12.6. The van der Waals surface area contributed by atoms with Gasteiger partial charge in [-0.05, 0) is 57.8 Å². The van der Waals surface area contributed by atoms with Gasteiger partial charge in [0.15, 0.2) is 6.10 Å². The Morgan fingerprint density at radius 1 is 0.604 bits per heavy atom. The highest BCUT2D eigenvalue weighted by Crippen LogP contribution is 2.13. The SMILES string of the molecule is CCCC/C=C\CCCCCCCC(=O)OCC(COCCC(C(=O)[O-])[N+](C)(C)C)OC(=O)CCCCCCC/C=C\CCCCCC. The van der Waals surface area contributed by atoms with Crippen LogP contribution in [-0.4, -0.2) is 75.5 Å². The summed E-state index contributed by atoms with van der Waals surface area (Å²) >= 11 is 0. The lowest BCUT2D eigenvalue weighted by atomic mass is 10.1. The molecule has 8 nitrogen and oxygen atoms in total. The first kappa shape index (κ1) is 45.8. The van der Waals surface area contributed by atoms with Crippen LogP contribution < -0.4 is 5.11 Å². The quantitative estimate of drug-likeness (QED) is 0.0291. The summed E-state index contributed by atoms with van der Waals surface area (Å²) in [5, 5.41) is 11.6. The van der Waals surface area contributed by atoms with Gasteiger partial charge in [0.05, 0.1) is 40.3 Å². The van der Waals surface area contributed by atoms with Crippen molar-refractivity contribution in [2.75, 3.05) is 41.0 Å². The average molecular weight is 680 g/mol. The zero-order valence-corrected chi connectivity index (χ0v) is 31.7. The van der Waals surface area contributed by atoms with Crippen LogP contribution >= 0.6 is 0 Å². The molecule has 0 bridgehead atoms. The number of hydrogen-bond donors (Lipinski definition) is 0. The number of nitrogens with zero attached hydrogens (tertiary/aromatic N) is 1. The van der Waals surface area contributed by atoms with Crippen LogP contribution in [0.1, 0.15) is 162 Å². The molecule has 0 aliphatic rings. The molecule has 0 N–H and O–H groups in total. The molecule has 2 unspecified atom stereocenters. The minimum Gasteiger partial charge on any atom is -0.544 e. The minimum atomic E-state index is -1.13.